The van der Waals surface area contributed by atoms with Gasteiger partial charge < -0.3 is 15.5 Å². The molecule has 0 aromatic rings. The first kappa shape index (κ1) is 12.5. The molecule has 88 valence electrons. The van der Waals surface area contributed by atoms with Gasteiger partial charge in [-0.05, 0) is 26.4 Å². The summed E-state index contributed by atoms with van der Waals surface area (Å²) in [5.74, 6) is 0.324. The Kier molecular flexibility index (Phi) is 4.11. The quantitative estimate of drug-likeness (QED) is 0.725. The van der Waals surface area contributed by atoms with Crippen molar-refractivity contribution in [2.24, 2.45) is 11.7 Å². The minimum Gasteiger partial charge on any atom is -0.340 e. The van der Waals surface area contributed by atoms with E-state index in [1.807, 2.05) is 18.7 Å². The lowest BCUT2D eigenvalue weighted by Crippen LogP contribution is -2.46. The Balaban J connectivity index is 2.50. The summed E-state index contributed by atoms with van der Waals surface area (Å²) in [6, 6.07) is 0.152. The second kappa shape index (κ2) is 4.94. The molecule has 0 aromatic heterocycles. The van der Waals surface area contributed by atoms with Crippen LogP contribution in [0.1, 0.15) is 20.3 Å². The topological polar surface area (TPSA) is 49.6 Å². The highest BCUT2D eigenvalue weighted by molar-refractivity contribution is 5.82. The Hall–Kier alpha value is -0.610. The highest BCUT2D eigenvalue weighted by Gasteiger charge is 2.30. The van der Waals surface area contributed by atoms with Crippen LogP contribution in [0.25, 0.3) is 0 Å². The number of likely N-dealkylation sites (tertiary alicyclic amines) is 1. The Morgan fingerprint density at radius 2 is 2.07 bits per heavy atom. The van der Waals surface area contributed by atoms with Gasteiger partial charge in [-0.1, -0.05) is 13.8 Å². The largest absolute Gasteiger partial charge is 0.340 e. The number of nitrogens with two attached hydrogens (primary N) is 1. The van der Waals surface area contributed by atoms with Gasteiger partial charge in [0.1, 0.15) is 0 Å². The molecule has 0 aliphatic carbocycles. The number of carbonyl (C=O) groups is 1. The van der Waals surface area contributed by atoms with Gasteiger partial charge in [-0.25, -0.2) is 0 Å². The predicted molar refractivity (Wildman–Crippen MR) is 61.5 cm³/mol. The van der Waals surface area contributed by atoms with Gasteiger partial charge in [0.05, 0.1) is 6.04 Å². The van der Waals surface area contributed by atoms with Crippen LogP contribution in [0, 0.1) is 5.92 Å². The summed E-state index contributed by atoms with van der Waals surface area (Å²) in [6.07, 6.45) is 1.06. The molecule has 1 amide bonds. The van der Waals surface area contributed by atoms with Gasteiger partial charge in [-0.2, -0.15) is 0 Å². The Labute approximate surface area is 92.4 Å². The SMILES string of the molecule is CC(C)C(N)C(=O)N1CCC(N(C)C)C1. The van der Waals surface area contributed by atoms with E-state index in [1.165, 1.54) is 0 Å². The van der Waals surface area contributed by atoms with Crippen LogP contribution in [0.5, 0.6) is 0 Å². The average Bonchev–Trinajstić information content (AvgIpc) is 2.64. The molecular weight excluding hydrogens is 190 g/mol. The summed E-state index contributed by atoms with van der Waals surface area (Å²) in [6.45, 7) is 5.65. The molecular formula is C11H23N3O. The van der Waals surface area contributed by atoms with Gasteiger partial charge in [-0.15, -0.1) is 0 Å². The summed E-state index contributed by atoms with van der Waals surface area (Å²) in [4.78, 5) is 16.0. The van der Waals surface area contributed by atoms with Crippen LogP contribution >= 0.6 is 0 Å². The normalized spacial score (nSPS) is 23.9. The first-order valence-corrected chi connectivity index (χ1v) is 5.64. The van der Waals surface area contributed by atoms with Crippen LogP contribution in [-0.2, 0) is 4.79 Å². The summed E-state index contributed by atoms with van der Waals surface area (Å²) < 4.78 is 0. The van der Waals surface area contributed by atoms with Gasteiger partial charge in [0.2, 0.25) is 5.91 Å². The second-order valence-electron chi connectivity index (χ2n) is 4.96. The summed E-state index contributed by atoms with van der Waals surface area (Å²) in [5.41, 5.74) is 5.86. The van der Waals surface area contributed by atoms with Crippen LogP contribution in [0.3, 0.4) is 0 Å². The standard InChI is InChI=1S/C11H23N3O/c1-8(2)10(12)11(15)14-6-5-9(7-14)13(3)4/h8-10H,5-7,12H2,1-4H3. The van der Waals surface area contributed by atoms with Gasteiger partial charge in [-0.3, -0.25) is 4.79 Å². The van der Waals surface area contributed by atoms with Crippen molar-refractivity contribution in [1.29, 1.82) is 0 Å². The van der Waals surface area contributed by atoms with Crippen LogP contribution in [0.4, 0.5) is 0 Å². The Morgan fingerprint density at radius 3 is 2.47 bits per heavy atom. The van der Waals surface area contributed by atoms with Crippen molar-refractivity contribution in [3.05, 3.63) is 0 Å². The maximum absolute atomic E-state index is 11.9. The monoisotopic (exact) mass is 213 g/mol. The van der Waals surface area contributed by atoms with Gasteiger partial charge in [0.25, 0.3) is 0 Å². The molecule has 1 rings (SSSR count). The molecule has 0 aromatic carbocycles. The molecule has 1 aliphatic rings. The van der Waals surface area contributed by atoms with Crippen molar-refractivity contribution in [2.75, 3.05) is 27.2 Å². The molecule has 1 heterocycles. The summed E-state index contributed by atoms with van der Waals surface area (Å²) in [5, 5.41) is 0. The van der Waals surface area contributed by atoms with E-state index < -0.39 is 0 Å². The van der Waals surface area contributed by atoms with Crippen molar-refractivity contribution in [3.8, 4) is 0 Å². The van der Waals surface area contributed by atoms with E-state index in [2.05, 4.69) is 19.0 Å². The smallest absolute Gasteiger partial charge is 0.239 e. The van der Waals surface area contributed by atoms with Crippen molar-refractivity contribution in [1.82, 2.24) is 9.80 Å². The fraction of sp³-hybridized carbons (Fsp3) is 0.909. The fourth-order valence-corrected chi connectivity index (χ4v) is 1.86. The highest BCUT2D eigenvalue weighted by Crippen LogP contribution is 2.15. The van der Waals surface area contributed by atoms with E-state index in [4.69, 9.17) is 5.73 Å². The minimum absolute atomic E-state index is 0.106. The van der Waals surface area contributed by atoms with Crippen LogP contribution in [0.15, 0.2) is 0 Å². The second-order valence-corrected chi connectivity index (χ2v) is 4.96. The molecule has 0 radical (unpaired) electrons. The summed E-state index contributed by atoms with van der Waals surface area (Å²) >= 11 is 0. The number of rotatable bonds is 3. The Bertz CT molecular complexity index is 228. The molecule has 1 aliphatic heterocycles. The molecule has 1 saturated heterocycles. The zero-order valence-corrected chi connectivity index (χ0v) is 10.2. The molecule has 0 spiro atoms. The average molecular weight is 213 g/mol. The van der Waals surface area contributed by atoms with E-state index in [0.717, 1.165) is 19.5 Å². The van der Waals surface area contributed by atoms with Gasteiger partial charge >= 0.3 is 0 Å². The molecule has 2 atom stereocenters. The zero-order valence-electron chi connectivity index (χ0n) is 10.2. The molecule has 2 N–H and O–H groups in total. The molecule has 2 unspecified atom stereocenters. The van der Waals surface area contributed by atoms with E-state index in [1.54, 1.807) is 0 Å². The molecule has 4 nitrogen and oxygen atoms in total. The third-order valence-electron chi connectivity index (χ3n) is 3.21. The minimum atomic E-state index is -0.342. The first-order chi connectivity index (χ1) is 6.93. The Morgan fingerprint density at radius 1 is 1.47 bits per heavy atom. The van der Waals surface area contributed by atoms with Crippen molar-refractivity contribution < 1.29 is 4.79 Å². The molecule has 0 bridgehead atoms. The van der Waals surface area contributed by atoms with Gasteiger partial charge in [0.15, 0.2) is 0 Å². The molecule has 0 saturated carbocycles. The number of likely N-dealkylation sites (N-methyl/N-ethyl adjacent to an activating group) is 1. The van der Waals surface area contributed by atoms with Gasteiger partial charge in [0, 0.05) is 19.1 Å². The lowest BCUT2D eigenvalue weighted by atomic mass is 10.0. The van der Waals surface area contributed by atoms with Crippen molar-refractivity contribution in [2.45, 2.75) is 32.4 Å². The van der Waals surface area contributed by atoms with Crippen LogP contribution in [-0.4, -0.2) is 55.0 Å². The molecule has 4 heteroatoms. The first-order valence-electron chi connectivity index (χ1n) is 5.64. The predicted octanol–water partition coefficient (Wildman–Crippen LogP) is 0.132. The summed E-state index contributed by atoms with van der Waals surface area (Å²) in [7, 11) is 4.11. The third-order valence-corrected chi connectivity index (χ3v) is 3.21. The van der Waals surface area contributed by atoms with Crippen LogP contribution < -0.4 is 5.73 Å². The number of amides is 1. The fourth-order valence-electron chi connectivity index (χ4n) is 1.86. The van der Waals surface area contributed by atoms with E-state index in [-0.39, 0.29) is 17.9 Å². The van der Waals surface area contributed by atoms with Crippen molar-refractivity contribution >= 4 is 5.91 Å². The third kappa shape index (κ3) is 2.92. The number of carbonyl (C=O) groups excluding carboxylic acids is 1. The lowest BCUT2D eigenvalue weighted by molar-refractivity contribution is -0.132. The molecule has 15 heavy (non-hydrogen) atoms. The molecule has 1 fully saturated rings. The number of hydrogen-bond acceptors (Lipinski definition) is 3. The van der Waals surface area contributed by atoms with Crippen molar-refractivity contribution in [3.63, 3.8) is 0 Å². The van der Waals surface area contributed by atoms with E-state index in [0.29, 0.717) is 6.04 Å². The number of nitrogens with zero attached hydrogens (tertiary/aromatic N) is 2. The van der Waals surface area contributed by atoms with E-state index >= 15 is 0 Å². The maximum Gasteiger partial charge on any atom is 0.239 e. The van der Waals surface area contributed by atoms with Crippen LogP contribution in [0.2, 0.25) is 0 Å². The zero-order chi connectivity index (χ0) is 11.6. The maximum atomic E-state index is 11.9. The number of hydrogen-bond donors (Lipinski definition) is 1. The highest BCUT2D eigenvalue weighted by atomic mass is 16.2. The lowest BCUT2D eigenvalue weighted by Gasteiger charge is -2.24. The van der Waals surface area contributed by atoms with E-state index in [9.17, 15) is 4.79 Å².